The van der Waals surface area contributed by atoms with Gasteiger partial charge in [0.25, 0.3) is 5.91 Å². The van der Waals surface area contributed by atoms with Gasteiger partial charge in [-0.05, 0) is 25.1 Å². The van der Waals surface area contributed by atoms with Gasteiger partial charge in [-0.3, -0.25) is 4.79 Å². The standard InChI is InChI=1S/C15H13N3O3S2/c1-2-21-15(20)11-7-22-13(18-11)6-16-14(19)9-3-4-10-12(5-9)23-8-17-10/h3-5,7-8H,2,6H2,1H3,(H,16,19). The van der Waals surface area contributed by atoms with Gasteiger partial charge in [0.15, 0.2) is 5.69 Å². The van der Waals surface area contributed by atoms with Gasteiger partial charge in [0.05, 0.1) is 28.9 Å². The Hall–Kier alpha value is -2.32. The summed E-state index contributed by atoms with van der Waals surface area (Å²) in [7, 11) is 0. The van der Waals surface area contributed by atoms with E-state index >= 15 is 0 Å². The number of esters is 1. The lowest BCUT2D eigenvalue weighted by molar-refractivity contribution is 0.0520. The van der Waals surface area contributed by atoms with Crippen molar-refractivity contribution in [1.82, 2.24) is 15.3 Å². The molecule has 6 nitrogen and oxygen atoms in total. The van der Waals surface area contributed by atoms with Crippen LogP contribution >= 0.6 is 22.7 Å². The van der Waals surface area contributed by atoms with E-state index in [1.165, 1.54) is 22.7 Å². The third kappa shape index (κ3) is 3.54. The van der Waals surface area contributed by atoms with E-state index in [1.54, 1.807) is 23.9 Å². The number of amides is 1. The van der Waals surface area contributed by atoms with Crippen molar-refractivity contribution in [1.29, 1.82) is 0 Å². The van der Waals surface area contributed by atoms with Gasteiger partial charge >= 0.3 is 5.97 Å². The van der Waals surface area contributed by atoms with Crippen LogP contribution in [0.2, 0.25) is 0 Å². The number of aromatic nitrogens is 2. The molecule has 0 bridgehead atoms. The molecule has 0 unspecified atom stereocenters. The Bertz CT molecular complexity index is 856. The zero-order valence-corrected chi connectivity index (χ0v) is 13.9. The molecule has 2 aromatic heterocycles. The summed E-state index contributed by atoms with van der Waals surface area (Å²) in [5.41, 5.74) is 3.47. The van der Waals surface area contributed by atoms with Gasteiger partial charge in [-0.2, -0.15) is 0 Å². The number of hydrogen-bond acceptors (Lipinski definition) is 7. The lowest BCUT2D eigenvalue weighted by atomic mass is 10.2. The van der Waals surface area contributed by atoms with Crippen molar-refractivity contribution in [3.63, 3.8) is 0 Å². The van der Waals surface area contributed by atoms with Crippen LogP contribution in [0.4, 0.5) is 0 Å². The van der Waals surface area contributed by atoms with Crippen molar-refractivity contribution in [3.8, 4) is 0 Å². The lowest BCUT2D eigenvalue weighted by Crippen LogP contribution is -2.22. The molecule has 0 fully saturated rings. The highest BCUT2D eigenvalue weighted by molar-refractivity contribution is 7.16. The molecule has 0 aliphatic heterocycles. The second-order valence-corrected chi connectivity index (χ2v) is 6.39. The number of rotatable bonds is 5. The molecule has 0 aliphatic carbocycles. The zero-order valence-electron chi connectivity index (χ0n) is 12.2. The lowest BCUT2D eigenvalue weighted by Gasteiger charge is -2.03. The fourth-order valence-electron chi connectivity index (χ4n) is 1.95. The molecular weight excluding hydrogens is 334 g/mol. The van der Waals surface area contributed by atoms with Gasteiger partial charge in [-0.15, -0.1) is 22.7 Å². The van der Waals surface area contributed by atoms with Crippen molar-refractivity contribution >= 4 is 44.8 Å². The molecule has 3 rings (SSSR count). The SMILES string of the molecule is CCOC(=O)c1csc(CNC(=O)c2ccc3ncsc3c2)n1. The van der Waals surface area contributed by atoms with Crippen LogP contribution in [0.15, 0.2) is 29.1 Å². The average molecular weight is 347 g/mol. The topological polar surface area (TPSA) is 81.2 Å². The van der Waals surface area contributed by atoms with Crippen LogP contribution in [0, 0.1) is 0 Å². The van der Waals surface area contributed by atoms with E-state index in [4.69, 9.17) is 4.74 Å². The molecule has 118 valence electrons. The Morgan fingerprint density at radius 2 is 2.17 bits per heavy atom. The van der Waals surface area contributed by atoms with Crippen molar-refractivity contribution in [2.75, 3.05) is 6.61 Å². The highest BCUT2D eigenvalue weighted by Gasteiger charge is 2.13. The van der Waals surface area contributed by atoms with Crippen LogP contribution in [-0.4, -0.2) is 28.5 Å². The number of carbonyl (C=O) groups excluding carboxylic acids is 2. The molecule has 2 heterocycles. The molecule has 0 radical (unpaired) electrons. The minimum Gasteiger partial charge on any atom is -0.461 e. The van der Waals surface area contributed by atoms with Crippen LogP contribution in [0.3, 0.4) is 0 Å². The summed E-state index contributed by atoms with van der Waals surface area (Å²) in [6.45, 7) is 2.32. The van der Waals surface area contributed by atoms with Crippen LogP contribution in [-0.2, 0) is 11.3 Å². The molecule has 1 aromatic carbocycles. The summed E-state index contributed by atoms with van der Waals surface area (Å²) in [5.74, 6) is -0.634. The van der Waals surface area contributed by atoms with E-state index < -0.39 is 5.97 Å². The second kappa shape index (κ2) is 6.84. The summed E-state index contributed by atoms with van der Waals surface area (Å²) in [5, 5.41) is 5.08. The molecule has 23 heavy (non-hydrogen) atoms. The number of benzene rings is 1. The number of ether oxygens (including phenoxy) is 1. The zero-order chi connectivity index (χ0) is 16.2. The first kappa shape index (κ1) is 15.6. The summed E-state index contributed by atoms with van der Waals surface area (Å²) in [4.78, 5) is 32.1. The first-order valence-corrected chi connectivity index (χ1v) is 8.66. The molecule has 0 atom stereocenters. The number of carbonyl (C=O) groups is 2. The second-order valence-electron chi connectivity index (χ2n) is 4.56. The summed E-state index contributed by atoms with van der Waals surface area (Å²) in [6, 6.07) is 5.38. The number of hydrogen-bond donors (Lipinski definition) is 1. The van der Waals surface area contributed by atoms with Gasteiger partial charge in [-0.25, -0.2) is 14.8 Å². The van der Waals surface area contributed by atoms with E-state index in [0.29, 0.717) is 17.2 Å². The Kier molecular flexibility index (Phi) is 4.63. The van der Waals surface area contributed by atoms with Gasteiger partial charge in [0, 0.05) is 10.9 Å². The summed E-state index contributed by atoms with van der Waals surface area (Å²) >= 11 is 2.80. The maximum absolute atomic E-state index is 12.2. The van der Waals surface area contributed by atoms with Gasteiger partial charge < -0.3 is 10.1 Å². The Morgan fingerprint density at radius 1 is 1.30 bits per heavy atom. The summed E-state index contributed by atoms with van der Waals surface area (Å²) < 4.78 is 5.85. The molecule has 0 spiro atoms. The van der Waals surface area contributed by atoms with Crippen LogP contribution in [0.1, 0.15) is 32.8 Å². The number of thiazole rings is 2. The molecule has 8 heteroatoms. The number of fused-ring (bicyclic) bond motifs is 1. The fourth-order valence-corrected chi connectivity index (χ4v) is 3.36. The highest BCUT2D eigenvalue weighted by atomic mass is 32.1. The van der Waals surface area contributed by atoms with Crippen molar-refractivity contribution in [2.45, 2.75) is 13.5 Å². The largest absolute Gasteiger partial charge is 0.461 e. The third-order valence-corrected chi connectivity index (χ3v) is 4.67. The quantitative estimate of drug-likeness (QED) is 0.718. The third-order valence-electron chi connectivity index (χ3n) is 3.03. The predicted octanol–water partition coefficient (Wildman–Crippen LogP) is 2.86. The predicted molar refractivity (Wildman–Crippen MR) is 88.9 cm³/mol. The van der Waals surface area contributed by atoms with Crippen LogP contribution in [0.25, 0.3) is 10.2 Å². The maximum atomic E-state index is 12.2. The monoisotopic (exact) mass is 347 g/mol. The molecule has 0 saturated heterocycles. The maximum Gasteiger partial charge on any atom is 0.357 e. The Morgan fingerprint density at radius 3 is 3.00 bits per heavy atom. The van der Waals surface area contributed by atoms with Gasteiger partial charge in [0.2, 0.25) is 0 Å². The average Bonchev–Trinajstić information content (AvgIpc) is 3.21. The van der Waals surface area contributed by atoms with Crippen molar-refractivity contribution in [3.05, 3.63) is 45.4 Å². The molecule has 0 aliphatic rings. The smallest absolute Gasteiger partial charge is 0.357 e. The van der Waals surface area contributed by atoms with Crippen LogP contribution in [0.5, 0.6) is 0 Å². The van der Waals surface area contributed by atoms with Gasteiger partial charge in [0.1, 0.15) is 5.01 Å². The van der Waals surface area contributed by atoms with Crippen LogP contribution < -0.4 is 5.32 Å². The minimum absolute atomic E-state index is 0.187. The molecule has 3 aromatic rings. The van der Waals surface area contributed by atoms with E-state index in [2.05, 4.69) is 15.3 Å². The van der Waals surface area contributed by atoms with E-state index in [-0.39, 0.29) is 18.1 Å². The number of nitrogens with zero attached hydrogens (tertiary/aromatic N) is 2. The van der Waals surface area contributed by atoms with Crippen molar-refractivity contribution in [2.24, 2.45) is 0 Å². The van der Waals surface area contributed by atoms with E-state index in [1.807, 2.05) is 12.1 Å². The van der Waals surface area contributed by atoms with E-state index in [0.717, 1.165) is 10.2 Å². The first-order valence-electron chi connectivity index (χ1n) is 6.90. The Labute approximate surface area is 140 Å². The fraction of sp³-hybridized carbons (Fsp3) is 0.200. The molecule has 1 amide bonds. The molecular formula is C15H13N3O3S2. The summed E-state index contributed by atoms with van der Waals surface area (Å²) in [6.07, 6.45) is 0. The normalized spacial score (nSPS) is 10.7. The van der Waals surface area contributed by atoms with Gasteiger partial charge in [-0.1, -0.05) is 0 Å². The highest BCUT2D eigenvalue weighted by Crippen LogP contribution is 2.19. The molecule has 1 N–H and O–H groups in total. The van der Waals surface area contributed by atoms with Crippen molar-refractivity contribution < 1.29 is 14.3 Å². The minimum atomic E-state index is -0.447. The van der Waals surface area contributed by atoms with E-state index in [9.17, 15) is 9.59 Å². The molecule has 0 saturated carbocycles. The Balaban J connectivity index is 1.63. The number of nitrogens with one attached hydrogen (secondary N) is 1. The first-order chi connectivity index (χ1) is 11.2.